The van der Waals surface area contributed by atoms with Crippen LogP contribution in [0.3, 0.4) is 0 Å². The summed E-state index contributed by atoms with van der Waals surface area (Å²) in [7, 11) is 0. The fourth-order valence-electron chi connectivity index (χ4n) is 2.72. The van der Waals surface area contributed by atoms with Crippen molar-refractivity contribution in [1.82, 2.24) is 5.32 Å². The molecule has 0 atom stereocenters. The lowest BCUT2D eigenvalue weighted by molar-refractivity contribution is -0.114. The van der Waals surface area contributed by atoms with Gasteiger partial charge in [0.25, 0.3) is 0 Å². The zero-order valence-electron chi connectivity index (χ0n) is 16.3. The van der Waals surface area contributed by atoms with Gasteiger partial charge in [0.2, 0.25) is 0 Å². The third kappa shape index (κ3) is 8.83. The minimum atomic E-state index is 0.141. The van der Waals surface area contributed by atoms with Crippen molar-refractivity contribution in [1.29, 1.82) is 0 Å². The smallest absolute Gasteiger partial charge is 0.175 e. The Balaban J connectivity index is 0.000000195. The van der Waals surface area contributed by atoms with Crippen molar-refractivity contribution < 1.29 is 14.4 Å². The lowest BCUT2D eigenvalue weighted by Gasteiger charge is -2.11. The summed E-state index contributed by atoms with van der Waals surface area (Å²) in [6.45, 7) is 7.41. The molecule has 0 fully saturated rings. The van der Waals surface area contributed by atoms with E-state index in [2.05, 4.69) is 15.3 Å². The first kappa shape index (κ1) is 21.9. The van der Waals surface area contributed by atoms with E-state index in [0.29, 0.717) is 0 Å². The van der Waals surface area contributed by atoms with Crippen molar-refractivity contribution in [3.05, 3.63) is 11.8 Å². The van der Waals surface area contributed by atoms with Crippen LogP contribution in [0, 0.1) is 0 Å². The van der Waals surface area contributed by atoms with Gasteiger partial charge in [-0.25, -0.2) is 0 Å². The van der Waals surface area contributed by atoms with E-state index in [1.54, 1.807) is 20.8 Å². The van der Waals surface area contributed by atoms with E-state index >= 15 is 0 Å². The second-order valence-corrected chi connectivity index (χ2v) is 6.57. The van der Waals surface area contributed by atoms with Gasteiger partial charge < -0.3 is 5.32 Å². The summed E-state index contributed by atoms with van der Waals surface area (Å²) in [6.07, 6.45) is 9.30. The highest BCUT2D eigenvalue weighted by molar-refractivity contribution is 6.39. The van der Waals surface area contributed by atoms with Crippen LogP contribution in [0.25, 0.3) is 0 Å². The van der Waals surface area contributed by atoms with Crippen LogP contribution in [-0.2, 0) is 14.4 Å². The van der Waals surface area contributed by atoms with Gasteiger partial charge in [-0.3, -0.25) is 24.4 Å². The lowest BCUT2D eigenvalue weighted by Crippen LogP contribution is -2.22. The van der Waals surface area contributed by atoms with Crippen LogP contribution in [0.5, 0.6) is 0 Å². The molecule has 26 heavy (non-hydrogen) atoms. The summed E-state index contributed by atoms with van der Waals surface area (Å²) in [5.74, 6) is 0.437. The molecule has 0 aromatic heterocycles. The number of nitrogens with one attached hydrogen (secondary N) is 1. The van der Waals surface area contributed by atoms with Crippen LogP contribution in [0.1, 0.15) is 65.7 Å². The van der Waals surface area contributed by atoms with Crippen molar-refractivity contribution in [2.75, 3.05) is 19.6 Å². The molecule has 6 nitrogen and oxygen atoms in total. The summed E-state index contributed by atoms with van der Waals surface area (Å²) < 4.78 is 0. The maximum absolute atomic E-state index is 10.7. The van der Waals surface area contributed by atoms with E-state index in [0.717, 1.165) is 81.7 Å². The van der Waals surface area contributed by atoms with Gasteiger partial charge in [-0.05, 0) is 44.9 Å². The van der Waals surface area contributed by atoms with E-state index in [4.69, 9.17) is 0 Å². The largest absolute Gasteiger partial charge is 0.382 e. The highest BCUT2D eigenvalue weighted by atomic mass is 16.1. The Morgan fingerprint density at radius 2 is 1.38 bits per heavy atom. The standard InChI is InChI=1S/2C7H11NO.C6H9NO/c2*1-6(9)7-4-2-3-5-8-7;1-5(8)6-3-2-4-7-6/h2-5H2,1H3;4,8H,2-3,5H2,1H3;2-4H2,1H3. The number of carbonyl (C=O) groups excluding carboxylic acids is 3. The van der Waals surface area contributed by atoms with Crippen molar-refractivity contribution in [3.63, 3.8) is 0 Å². The average molecular weight is 361 g/mol. The second kappa shape index (κ2) is 12.3. The maximum Gasteiger partial charge on any atom is 0.175 e. The van der Waals surface area contributed by atoms with Gasteiger partial charge in [0.15, 0.2) is 17.3 Å². The first-order valence-electron chi connectivity index (χ1n) is 9.45. The van der Waals surface area contributed by atoms with Crippen molar-refractivity contribution >= 4 is 28.8 Å². The highest BCUT2D eigenvalue weighted by Crippen LogP contribution is 2.06. The summed E-state index contributed by atoms with van der Waals surface area (Å²) in [4.78, 5) is 39.9. The third-order valence-electron chi connectivity index (χ3n) is 4.24. The zero-order chi connectivity index (χ0) is 19.4. The van der Waals surface area contributed by atoms with Gasteiger partial charge in [-0.2, -0.15) is 0 Å². The van der Waals surface area contributed by atoms with Crippen LogP contribution in [0.15, 0.2) is 21.8 Å². The molecule has 3 rings (SSSR count). The van der Waals surface area contributed by atoms with E-state index in [1.165, 1.54) is 0 Å². The summed E-state index contributed by atoms with van der Waals surface area (Å²) >= 11 is 0. The topological polar surface area (TPSA) is 88.0 Å². The molecule has 0 aromatic carbocycles. The zero-order valence-corrected chi connectivity index (χ0v) is 16.3. The fraction of sp³-hybridized carbons (Fsp3) is 0.650. The van der Waals surface area contributed by atoms with Gasteiger partial charge in [0.05, 0.1) is 17.1 Å². The second-order valence-electron chi connectivity index (χ2n) is 6.57. The molecule has 0 aromatic rings. The number of carbonyl (C=O) groups is 3. The monoisotopic (exact) mass is 361 g/mol. The van der Waals surface area contributed by atoms with Crippen molar-refractivity contribution in [2.45, 2.75) is 65.7 Å². The van der Waals surface area contributed by atoms with E-state index in [-0.39, 0.29) is 17.3 Å². The van der Waals surface area contributed by atoms with Gasteiger partial charge in [0, 0.05) is 40.4 Å². The molecular weight excluding hydrogens is 330 g/mol. The van der Waals surface area contributed by atoms with Gasteiger partial charge in [-0.1, -0.05) is 6.08 Å². The predicted molar refractivity (Wildman–Crippen MR) is 105 cm³/mol. The fourth-order valence-corrected chi connectivity index (χ4v) is 2.72. The first-order valence-corrected chi connectivity index (χ1v) is 9.45. The highest BCUT2D eigenvalue weighted by Gasteiger charge is 2.09. The Morgan fingerprint density at radius 1 is 0.808 bits per heavy atom. The van der Waals surface area contributed by atoms with Crippen molar-refractivity contribution in [3.8, 4) is 0 Å². The number of hydrogen-bond donors (Lipinski definition) is 1. The molecule has 3 aliphatic rings. The molecule has 6 heteroatoms. The average Bonchev–Trinajstić information content (AvgIpc) is 3.19. The molecule has 0 spiro atoms. The number of Topliss-reactive ketones (excluding diaryl/α,β-unsaturated/α-hetero) is 3. The minimum absolute atomic E-state index is 0.141. The van der Waals surface area contributed by atoms with E-state index in [9.17, 15) is 14.4 Å². The van der Waals surface area contributed by atoms with Crippen LogP contribution >= 0.6 is 0 Å². The van der Waals surface area contributed by atoms with Crippen LogP contribution in [0.2, 0.25) is 0 Å². The third-order valence-corrected chi connectivity index (χ3v) is 4.24. The van der Waals surface area contributed by atoms with E-state index in [1.807, 2.05) is 6.08 Å². The Bertz CT molecular complexity index is 567. The van der Waals surface area contributed by atoms with Gasteiger partial charge >= 0.3 is 0 Å². The van der Waals surface area contributed by atoms with Crippen LogP contribution < -0.4 is 5.32 Å². The Kier molecular flexibility index (Phi) is 10.4. The molecular formula is C20H31N3O3. The Hall–Kier alpha value is -2.11. The summed E-state index contributed by atoms with van der Waals surface area (Å²) in [5.41, 5.74) is 2.37. The number of nitrogens with zero attached hydrogens (tertiary/aromatic N) is 2. The summed E-state index contributed by atoms with van der Waals surface area (Å²) in [6, 6.07) is 0. The van der Waals surface area contributed by atoms with Gasteiger partial charge in [-0.15, -0.1) is 0 Å². The number of allylic oxidation sites excluding steroid dienone is 2. The number of aliphatic imine (C=N–C) groups is 2. The van der Waals surface area contributed by atoms with Crippen LogP contribution in [0.4, 0.5) is 0 Å². The van der Waals surface area contributed by atoms with Crippen LogP contribution in [-0.4, -0.2) is 48.4 Å². The molecule has 144 valence electrons. The molecule has 0 aliphatic carbocycles. The normalized spacial score (nSPS) is 18.5. The number of ketones is 3. The first-order chi connectivity index (χ1) is 12.4. The lowest BCUT2D eigenvalue weighted by atomic mass is 10.1. The molecule has 0 saturated carbocycles. The molecule has 3 heterocycles. The molecule has 0 unspecified atom stereocenters. The molecule has 1 N–H and O–H groups in total. The number of rotatable bonds is 3. The Morgan fingerprint density at radius 3 is 1.65 bits per heavy atom. The molecule has 3 aliphatic heterocycles. The maximum atomic E-state index is 10.7. The molecule has 0 amide bonds. The predicted octanol–water partition coefficient (Wildman–Crippen LogP) is 2.85. The Labute approximate surface area is 156 Å². The molecule has 0 saturated heterocycles. The molecule has 0 bridgehead atoms. The molecule has 0 radical (unpaired) electrons. The van der Waals surface area contributed by atoms with Gasteiger partial charge in [0.1, 0.15) is 0 Å². The van der Waals surface area contributed by atoms with E-state index < -0.39 is 0 Å². The number of hydrogen-bond acceptors (Lipinski definition) is 6. The minimum Gasteiger partial charge on any atom is -0.382 e. The van der Waals surface area contributed by atoms with Crippen molar-refractivity contribution in [2.24, 2.45) is 9.98 Å². The quantitative estimate of drug-likeness (QED) is 0.837. The summed E-state index contributed by atoms with van der Waals surface area (Å²) in [5, 5.41) is 3.03. The SMILES string of the molecule is CC(=O)C1=CCCCN1.CC(=O)C1=NCCC1.CC(=O)C1=NCCCC1.